The Labute approximate surface area is 143 Å². The van der Waals surface area contributed by atoms with E-state index in [4.69, 9.17) is 0 Å². The highest BCUT2D eigenvalue weighted by atomic mass is 32.2. The van der Waals surface area contributed by atoms with Gasteiger partial charge >= 0.3 is 0 Å². The molecule has 0 aliphatic rings. The molecule has 130 valence electrons. The van der Waals surface area contributed by atoms with Crippen molar-refractivity contribution in [2.45, 2.75) is 31.7 Å². The lowest BCUT2D eigenvalue weighted by Crippen LogP contribution is -2.30. The van der Waals surface area contributed by atoms with Crippen LogP contribution in [-0.4, -0.2) is 42.3 Å². The summed E-state index contributed by atoms with van der Waals surface area (Å²) in [6.45, 7) is 5.60. The van der Waals surface area contributed by atoms with E-state index in [-0.39, 0.29) is 16.8 Å². The van der Waals surface area contributed by atoms with Crippen LogP contribution in [0, 0.1) is 13.8 Å². The molecule has 2 aromatic rings. The van der Waals surface area contributed by atoms with E-state index in [0.29, 0.717) is 11.3 Å². The molecule has 0 aliphatic carbocycles. The van der Waals surface area contributed by atoms with Gasteiger partial charge in [-0.15, -0.1) is 0 Å². The van der Waals surface area contributed by atoms with Gasteiger partial charge in [-0.2, -0.15) is 5.10 Å². The first-order valence-corrected chi connectivity index (χ1v) is 9.50. The van der Waals surface area contributed by atoms with Gasteiger partial charge < -0.3 is 4.90 Å². The van der Waals surface area contributed by atoms with Crippen molar-refractivity contribution in [3.05, 3.63) is 46.8 Å². The van der Waals surface area contributed by atoms with Gasteiger partial charge in [-0.25, -0.2) is 8.42 Å². The van der Waals surface area contributed by atoms with Crippen LogP contribution in [0.15, 0.2) is 29.2 Å². The molecule has 7 heteroatoms. The molecule has 0 spiro atoms. The molecule has 0 saturated heterocycles. The van der Waals surface area contributed by atoms with Crippen LogP contribution in [0.2, 0.25) is 0 Å². The number of aromatic nitrogens is 2. The van der Waals surface area contributed by atoms with Crippen LogP contribution in [0.25, 0.3) is 0 Å². The smallest absolute Gasteiger partial charge is 0.257 e. The minimum absolute atomic E-state index is 0.0993. The number of aryl methyl sites for hydroxylation is 2. The summed E-state index contributed by atoms with van der Waals surface area (Å²) in [5, 5.41) is 4.29. The lowest BCUT2D eigenvalue weighted by Gasteiger charge is -2.25. The third-order valence-electron chi connectivity index (χ3n) is 4.41. The van der Waals surface area contributed by atoms with Crippen LogP contribution in [0.4, 0.5) is 0 Å². The van der Waals surface area contributed by atoms with E-state index in [0.717, 1.165) is 11.3 Å². The molecule has 0 saturated carbocycles. The Morgan fingerprint density at radius 3 is 2.17 bits per heavy atom. The zero-order valence-corrected chi connectivity index (χ0v) is 15.7. The standard InChI is InChI=1S/C17H23N3O3S/c1-11-16(13(3)20(5)18-11)17(21)19(4)12(2)14-7-9-15(10-8-14)24(6,22)23/h7-10,12H,1-6H3. The molecule has 0 aliphatic heterocycles. The molecule has 0 bridgehead atoms. The van der Waals surface area contributed by atoms with Gasteiger partial charge in [0, 0.05) is 26.0 Å². The Bertz CT molecular complexity index is 867. The van der Waals surface area contributed by atoms with E-state index in [1.165, 1.54) is 6.26 Å². The van der Waals surface area contributed by atoms with E-state index in [2.05, 4.69) is 5.10 Å². The summed E-state index contributed by atoms with van der Waals surface area (Å²) in [6, 6.07) is 6.44. The van der Waals surface area contributed by atoms with Crippen molar-refractivity contribution in [2.24, 2.45) is 7.05 Å². The summed E-state index contributed by atoms with van der Waals surface area (Å²) in [5.41, 5.74) is 3.01. The first-order chi connectivity index (χ1) is 11.0. The fraction of sp³-hybridized carbons (Fsp3) is 0.412. The first kappa shape index (κ1) is 18.2. The molecule has 0 N–H and O–H groups in total. The molecule has 1 atom stereocenters. The average Bonchev–Trinajstić information content (AvgIpc) is 2.77. The highest BCUT2D eigenvalue weighted by molar-refractivity contribution is 7.90. The second kappa shape index (κ2) is 6.39. The van der Waals surface area contributed by atoms with E-state index in [1.807, 2.05) is 27.8 Å². The number of sulfone groups is 1. The van der Waals surface area contributed by atoms with Crippen LogP contribution in [0.5, 0.6) is 0 Å². The third kappa shape index (κ3) is 3.36. The van der Waals surface area contributed by atoms with Gasteiger partial charge in [0.25, 0.3) is 5.91 Å². The van der Waals surface area contributed by atoms with Crippen molar-refractivity contribution in [1.82, 2.24) is 14.7 Å². The number of nitrogens with zero attached hydrogens (tertiary/aromatic N) is 3. The maximum absolute atomic E-state index is 12.8. The van der Waals surface area contributed by atoms with Crippen LogP contribution in [0.3, 0.4) is 0 Å². The molecule has 1 aromatic carbocycles. The second-order valence-electron chi connectivity index (χ2n) is 6.10. The van der Waals surface area contributed by atoms with Gasteiger partial charge in [0.15, 0.2) is 9.84 Å². The Hall–Kier alpha value is -2.15. The van der Waals surface area contributed by atoms with Gasteiger partial charge in [-0.05, 0) is 38.5 Å². The van der Waals surface area contributed by atoms with Crippen molar-refractivity contribution in [1.29, 1.82) is 0 Å². The van der Waals surface area contributed by atoms with E-state index >= 15 is 0 Å². The average molecular weight is 349 g/mol. The molecule has 6 nitrogen and oxygen atoms in total. The van der Waals surface area contributed by atoms with Gasteiger partial charge in [0.05, 0.1) is 22.2 Å². The van der Waals surface area contributed by atoms with Crippen molar-refractivity contribution in [3.63, 3.8) is 0 Å². The predicted octanol–water partition coefficient (Wildman–Crippen LogP) is 2.27. The third-order valence-corrected chi connectivity index (χ3v) is 5.54. The van der Waals surface area contributed by atoms with E-state index in [9.17, 15) is 13.2 Å². The molecule has 2 rings (SSSR count). The molecule has 0 radical (unpaired) electrons. The largest absolute Gasteiger partial charge is 0.335 e. The number of rotatable bonds is 4. The number of carbonyl (C=O) groups excluding carboxylic acids is 1. The Balaban J connectivity index is 2.29. The van der Waals surface area contributed by atoms with Crippen molar-refractivity contribution >= 4 is 15.7 Å². The minimum Gasteiger partial charge on any atom is -0.335 e. The molecule has 1 unspecified atom stereocenters. The zero-order chi connectivity index (χ0) is 18.2. The van der Waals surface area contributed by atoms with Crippen LogP contribution in [-0.2, 0) is 16.9 Å². The summed E-state index contributed by atoms with van der Waals surface area (Å²) in [6.07, 6.45) is 1.18. The van der Waals surface area contributed by atoms with Crippen LogP contribution >= 0.6 is 0 Å². The van der Waals surface area contributed by atoms with Crippen molar-refractivity contribution in [2.75, 3.05) is 13.3 Å². The van der Waals surface area contributed by atoms with Gasteiger partial charge in [-0.1, -0.05) is 12.1 Å². The van der Waals surface area contributed by atoms with Crippen LogP contribution in [0.1, 0.15) is 40.3 Å². The second-order valence-corrected chi connectivity index (χ2v) is 8.12. The van der Waals surface area contributed by atoms with Gasteiger partial charge in [-0.3, -0.25) is 9.48 Å². The normalized spacial score (nSPS) is 12.9. The maximum Gasteiger partial charge on any atom is 0.257 e. The van der Waals surface area contributed by atoms with E-state index < -0.39 is 9.84 Å². The van der Waals surface area contributed by atoms with Crippen molar-refractivity contribution in [3.8, 4) is 0 Å². The summed E-state index contributed by atoms with van der Waals surface area (Å²) >= 11 is 0. The summed E-state index contributed by atoms with van der Waals surface area (Å²) < 4.78 is 24.8. The Kier molecular flexibility index (Phi) is 4.85. The molecular formula is C17H23N3O3S. The highest BCUT2D eigenvalue weighted by Gasteiger charge is 2.24. The van der Waals surface area contributed by atoms with Gasteiger partial charge in [0.2, 0.25) is 0 Å². The molecule has 24 heavy (non-hydrogen) atoms. The summed E-state index contributed by atoms with van der Waals surface area (Å²) in [5.74, 6) is -0.0993. The minimum atomic E-state index is -3.22. The van der Waals surface area contributed by atoms with Gasteiger partial charge in [0.1, 0.15) is 0 Å². The molecule has 0 fully saturated rings. The molecule has 1 aromatic heterocycles. The fourth-order valence-corrected chi connectivity index (χ4v) is 3.28. The van der Waals surface area contributed by atoms with Crippen molar-refractivity contribution < 1.29 is 13.2 Å². The SMILES string of the molecule is Cc1nn(C)c(C)c1C(=O)N(C)C(C)c1ccc(S(C)(=O)=O)cc1. The predicted molar refractivity (Wildman–Crippen MR) is 92.7 cm³/mol. The van der Waals surface area contributed by atoms with Crippen LogP contribution < -0.4 is 0 Å². The number of amides is 1. The number of carbonyl (C=O) groups is 1. The fourth-order valence-electron chi connectivity index (χ4n) is 2.65. The number of benzene rings is 1. The molecular weight excluding hydrogens is 326 g/mol. The summed E-state index contributed by atoms with van der Waals surface area (Å²) in [7, 11) is 0.327. The molecule has 1 heterocycles. The lowest BCUT2D eigenvalue weighted by atomic mass is 10.1. The topological polar surface area (TPSA) is 72.3 Å². The Morgan fingerprint density at radius 1 is 1.21 bits per heavy atom. The number of hydrogen-bond acceptors (Lipinski definition) is 4. The summed E-state index contributed by atoms with van der Waals surface area (Å²) in [4.78, 5) is 14.7. The zero-order valence-electron chi connectivity index (χ0n) is 14.9. The maximum atomic E-state index is 12.8. The first-order valence-electron chi connectivity index (χ1n) is 7.61. The monoisotopic (exact) mass is 349 g/mol. The van der Waals surface area contributed by atoms with E-state index in [1.54, 1.807) is 40.9 Å². The Morgan fingerprint density at radius 2 is 1.75 bits per heavy atom. The number of hydrogen-bond donors (Lipinski definition) is 0. The lowest BCUT2D eigenvalue weighted by molar-refractivity contribution is 0.0741. The molecule has 1 amide bonds. The quantitative estimate of drug-likeness (QED) is 0.849. The highest BCUT2D eigenvalue weighted by Crippen LogP contribution is 2.24.